The molecule has 0 radical (unpaired) electrons. The first-order valence-electron chi connectivity index (χ1n) is 6.83. The highest BCUT2D eigenvalue weighted by Crippen LogP contribution is 2.40. The van der Waals surface area contributed by atoms with E-state index in [4.69, 9.17) is 10.5 Å². The van der Waals surface area contributed by atoms with Crippen LogP contribution < -0.4 is 10.5 Å². The minimum Gasteiger partial charge on any atom is -0.485 e. The minimum absolute atomic E-state index is 0.0343. The summed E-state index contributed by atoms with van der Waals surface area (Å²) in [5, 5.41) is 0. The maximum absolute atomic E-state index is 6.32. The van der Waals surface area contributed by atoms with Gasteiger partial charge in [-0.15, -0.1) is 0 Å². The van der Waals surface area contributed by atoms with Crippen molar-refractivity contribution in [3.05, 3.63) is 63.1 Å². The molecule has 2 atom stereocenters. The van der Waals surface area contributed by atoms with E-state index in [0.29, 0.717) is 0 Å². The fraction of sp³-hybridized carbons (Fsp3) is 0.294. The average molecular weight is 332 g/mol. The third-order valence-corrected chi connectivity index (χ3v) is 4.75. The second kappa shape index (κ2) is 5.23. The predicted octanol–water partition coefficient (Wildman–Crippen LogP) is 4.59. The molecule has 0 aromatic heterocycles. The summed E-state index contributed by atoms with van der Waals surface area (Å²) in [6, 6.07) is 12.6. The van der Waals surface area contributed by atoms with Crippen LogP contribution in [-0.2, 0) is 0 Å². The fourth-order valence-corrected chi connectivity index (χ4v) is 2.94. The lowest BCUT2D eigenvalue weighted by Crippen LogP contribution is -2.24. The molecule has 0 amide bonds. The van der Waals surface area contributed by atoms with Crippen molar-refractivity contribution >= 4 is 15.9 Å². The minimum atomic E-state index is 0.0343. The normalized spacial score (nSPS) is 21.2. The van der Waals surface area contributed by atoms with Gasteiger partial charge in [-0.25, -0.2) is 0 Å². The van der Waals surface area contributed by atoms with Crippen molar-refractivity contribution in [3.63, 3.8) is 0 Å². The molecule has 0 saturated heterocycles. The Bertz CT molecular complexity index is 653. The highest BCUT2D eigenvalue weighted by atomic mass is 79.9. The van der Waals surface area contributed by atoms with E-state index in [9.17, 15) is 0 Å². The molecule has 2 aromatic rings. The van der Waals surface area contributed by atoms with Crippen LogP contribution in [0.4, 0.5) is 0 Å². The third-order valence-electron chi connectivity index (χ3n) is 3.86. The Labute approximate surface area is 128 Å². The van der Waals surface area contributed by atoms with E-state index in [0.717, 1.165) is 22.2 Å². The number of halogens is 1. The van der Waals surface area contributed by atoms with E-state index >= 15 is 0 Å². The van der Waals surface area contributed by atoms with E-state index in [1.54, 1.807) is 0 Å². The SMILES string of the molecule is Cc1ccc2c(c1)C(N)CC(c1ccc(Br)c(C)c1)O2. The Balaban J connectivity index is 1.94. The van der Waals surface area contributed by atoms with E-state index in [2.05, 4.69) is 60.1 Å². The van der Waals surface area contributed by atoms with Crippen LogP contribution in [0.15, 0.2) is 40.9 Å². The number of ether oxygens (including phenoxy) is 1. The second-order valence-corrected chi connectivity index (χ2v) is 6.35. The van der Waals surface area contributed by atoms with Gasteiger partial charge in [0.05, 0.1) is 0 Å². The van der Waals surface area contributed by atoms with Crippen molar-refractivity contribution in [2.45, 2.75) is 32.4 Å². The van der Waals surface area contributed by atoms with Crippen LogP contribution in [0.25, 0.3) is 0 Å². The molecule has 104 valence electrons. The van der Waals surface area contributed by atoms with Crippen molar-refractivity contribution in [2.75, 3.05) is 0 Å². The van der Waals surface area contributed by atoms with Crippen LogP contribution >= 0.6 is 15.9 Å². The summed E-state index contributed by atoms with van der Waals surface area (Å²) in [6.07, 6.45) is 0.851. The van der Waals surface area contributed by atoms with Crippen molar-refractivity contribution in [1.29, 1.82) is 0 Å². The van der Waals surface area contributed by atoms with Gasteiger partial charge in [-0.05, 0) is 37.1 Å². The van der Waals surface area contributed by atoms with Crippen LogP contribution in [0.1, 0.15) is 40.8 Å². The summed E-state index contributed by atoms with van der Waals surface area (Å²) in [5.41, 5.74) is 11.1. The molecule has 0 saturated carbocycles. The monoisotopic (exact) mass is 331 g/mol. The Kier molecular flexibility index (Phi) is 3.57. The number of hydrogen-bond acceptors (Lipinski definition) is 2. The Morgan fingerprint density at radius 1 is 1.15 bits per heavy atom. The Morgan fingerprint density at radius 2 is 1.95 bits per heavy atom. The lowest BCUT2D eigenvalue weighted by Gasteiger charge is -2.31. The second-order valence-electron chi connectivity index (χ2n) is 5.50. The van der Waals surface area contributed by atoms with E-state index < -0.39 is 0 Å². The summed E-state index contributed by atoms with van der Waals surface area (Å²) in [4.78, 5) is 0. The zero-order valence-corrected chi connectivity index (χ0v) is 13.3. The van der Waals surface area contributed by atoms with Crippen LogP contribution in [-0.4, -0.2) is 0 Å². The molecule has 0 spiro atoms. The summed E-state index contributed by atoms with van der Waals surface area (Å²) < 4.78 is 7.27. The Hall–Kier alpha value is -1.32. The number of fused-ring (bicyclic) bond motifs is 1. The molecule has 3 heteroatoms. The highest BCUT2D eigenvalue weighted by Gasteiger charge is 2.27. The van der Waals surface area contributed by atoms with Gasteiger partial charge in [0.15, 0.2) is 0 Å². The van der Waals surface area contributed by atoms with Crippen molar-refractivity contribution in [2.24, 2.45) is 5.73 Å². The summed E-state index contributed by atoms with van der Waals surface area (Å²) in [5.74, 6) is 0.917. The first-order valence-corrected chi connectivity index (χ1v) is 7.63. The quantitative estimate of drug-likeness (QED) is 0.829. The van der Waals surface area contributed by atoms with Crippen LogP contribution in [0, 0.1) is 13.8 Å². The first-order chi connectivity index (χ1) is 9.54. The van der Waals surface area contributed by atoms with Crippen molar-refractivity contribution in [3.8, 4) is 5.75 Å². The van der Waals surface area contributed by atoms with Crippen molar-refractivity contribution < 1.29 is 4.74 Å². The number of nitrogens with two attached hydrogens (primary N) is 1. The van der Waals surface area contributed by atoms with Gasteiger partial charge in [0, 0.05) is 22.5 Å². The molecule has 2 aromatic carbocycles. The molecule has 0 bridgehead atoms. The van der Waals surface area contributed by atoms with Crippen LogP contribution in [0.5, 0.6) is 5.75 Å². The standard InChI is InChI=1S/C17H18BrNO/c1-10-3-6-16-13(7-10)15(19)9-17(20-16)12-4-5-14(18)11(2)8-12/h3-8,15,17H,9,19H2,1-2H3. The van der Waals surface area contributed by atoms with Gasteiger partial charge in [-0.3, -0.25) is 0 Å². The van der Waals surface area contributed by atoms with Crippen molar-refractivity contribution in [1.82, 2.24) is 0 Å². The van der Waals surface area contributed by atoms with Gasteiger partial charge in [0.2, 0.25) is 0 Å². The molecule has 2 unspecified atom stereocenters. The van der Waals surface area contributed by atoms with E-state index in [1.807, 2.05) is 6.07 Å². The largest absolute Gasteiger partial charge is 0.485 e. The lowest BCUT2D eigenvalue weighted by atomic mass is 9.92. The number of benzene rings is 2. The molecule has 20 heavy (non-hydrogen) atoms. The number of rotatable bonds is 1. The number of aryl methyl sites for hydroxylation is 2. The Morgan fingerprint density at radius 3 is 2.70 bits per heavy atom. The molecule has 1 aliphatic rings. The van der Waals surface area contributed by atoms with Crippen LogP contribution in [0.3, 0.4) is 0 Å². The number of hydrogen-bond donors (Lipinski definition) is 1. The summed E-state index contributed by atoms with van der Waals surface area (Å²) in [6.45, 7) is 4.17. The van der Waals surface area contributed by atoms with E-state index in [-0.39, 0.29) is 12.1 Å². The molecule has 2 nitrogen and oxygen atoms in total. The highest BCUT2D eigenvalue weighted by molar-refractivity contribution is 9.10. The maximum atomic E-state index is 6.32. The van der Waals surface area contributed by atoms with Gasteiger partial charge in [0.25, 0.3) is 0 Å². The average Bonchev–Trinajstić information content (AvgIpc) is 2.42. The van der Waals surface area contributed by atoms with Gasteiger partial charge in [-0.2, -0.15) is 0 Å². The maximum Gasteiger partial charge on any atom is 0.126 e. The smallest absolute Gasteiger partial charge is 0.126 e. The third kappa shape index (κ3) is 2.48. The molecule has 2 N–H and O–H groups in total. The molecule has 1 heterocycles. The zero-order valence-electron chi connectivity index (χ0n) is 11.7. The van der Waals surface area contributed by atoms with Gasteiger partial charge < -0.3 is 10.5 Å². The molecular weight excluding hydrogens is 314 g/mol. The zero-order chi connectivity index (χ0) is 14.3. The summed E-state index contributed by atoms with van der Waals surface area (Å²) in [7, 11) is 0. The summed E-state index contributed by atoms with van der Waals surface area (Å²) >= 11 is 3.53. The van der Waals surface area contributed by atoms with E-state index in [1.165, 1.54) is 16.7 Å². The van der Waals surface area contributed by atoms with Gasteiger partial charge in [-0.1, -0.05) is 45.8 Å². The molecule has 3 rings (SSSR count). The molecular formula is C17H18BrNO. The van der Waals surface area contributed by atoms with Crippen LogP contribution in [0.2, 0.25) is 0 Å². The van der Waals surface area contributed by atoms with Gasteiger partial charge >= 0.3 is 0 Å². The molecule has 0 aliphatic carbocycles. The molecule has 1 aliphatic heterocycles. The molecule has 0 fully saturated rings. The fourth-order valence-electron chi connectivity index (χ4n) is 2.70. The van der Waals surface area contributed by atoms with Gasteiger partial charge in [0.1, 0.15) is 11.9 Å². The first kappa shape index (κ1) is 13.7. The lowest BCUT2D eigenvalue weighted by molar-refractivity contribution is 0.161. The predicted molar refractivity (Wildman–Crippen MR) is 85.0 cm³/mol. The topological polar surface area (TPSA) is 35.2 Å².